The summed E-state index contributed by atoms with van der Waals surface area (Å²) in [5, 5.41) is 0.602. The molecule has 0 aliphatic heterocycles. The van der Waals surface area contributed by atoms with Gasteiger partial charge in [-0.05, 0) is 24.6 Å². The van der Waals surface area contributed by atoms with E-state index in [1.807, 2.05) is 12.1 Å². The van der Waals surface area contributed by atoms with Gasteiger partial charge in [-0.15, -0.1) is 0 Å². The Labute approximate surface area is 160 Å². The van der Waals surface area contributed by atoms with Crippen molar-refractivity contribution in [3.05, 3.63) is 23.2 Å². The van der Waals surface area contributed by atoms with Gasteiger partial charge in [0.25, 0.3) is 0 Å². The van der Waals surface area contributed by atoms with Crippen LogP contribution >= 0.6 is 11.6 Å². The summed E-state index contributed by atoms with van der Waals surface area (Å²) in [4.78, 5) is 0. The van der Waals surface area contributed by atoms with Crippen LogP contribution in [0.4, 0.5) is 5.69 Å². The molecule has 1 aromatic rings. The summed E-state index contributed by atoms with van der Waals surface area (Å²) in [6.45, 7) is 3.02. The standard InChI is InChI=1S/C22H38ClNO/c1-2-3-4-5-6-7-8-9-10-11-12-13-14-15-18-25-22-17-16-20(24)19-21(22)23/h16-17,19H,2-15,18,24H2,1H3. The zero-order chi connectivity index (χ0) is 18.2. The predicted octanol–water partition coefficient (Wildman–Crippen LogP) is 7.78. The summed E-state index contributed by atoms with van der Waals surface area (Å²) in [5.74, 6) is 0.741. The summed E-state index contributed by atoms with van der Waals surface area (Å²) in [6.07, 6.45) is 19.2. The highest BCUT2D eigenvalue weighted by atomic mass is 35.5. The first-order valence-corrected chi connectivity index (χ1v) is 10.8. The second-order valence-electron chi connectivity index (χ2n) is 7.13. The summed E-state index contributed by atoms with van der Waals surface area (Å²) >= 11 is 6.09. The quantitative estimate of drug-likeness (QED) is 0.239. The molecule has 2 N–H and O–H groups in total. The Bertz CT molecular complexity index is 436. The highest BCUT2D eigenvalue weighted by molar-refractivity contribution is 6.32. The second kappa shape index (κ2) is 15.4. The molecule has 0 radical (unpaired) electrons. The molecule has 0 aromatic heterocycles. The molecule has 2 nitrogen and oxygen atoms in total. The Morgan fingerprint density at radius 2 is 1.24 bits per heavy atom. The Morgan fingerprint density at radius 3 is 1.72 bits per heavy atom. The molecule has 0 bridgehead atoms. The van der Waals surface area contributed by atoms with Gasteiger partial charge in [0.15, 0.2) is 0 Å². The molecule has 0 atom stereocenters. The smallest absolute Gasteiger partial charge is 0.138 e. The van der Waals surface area contributed by atoms with Crippen LogP contribution in [0.15, 0.2) is 18.2 Å². The molecule has 144 valence electrons. The van der Waals surface area contributed by atoms with Crippen molar-refractivity contribution >= 4 is 17.3 Å². The van der Waals surface area contributed by atoms with Crippen molar-refractivity contribution in [2.45, 2.75) is 96.8 Å². The normalized spacial score (nSPS) is 11.0. The molecular weight excluding hydrogens is 330 g/mol. The molecule has 0 unspecified atom stereocenters. The lowest BCUT2D eigenvalue weighted by Crippen LogP contribution is -1.98. The van der Waals surface area contributed by atoms with Gasteiger partial charge in [0.2, 0.25) is 0 Å². The average molecular weight is 368 g/mol. The molecule has 0 spiro atoms. The summed E-state index contributed by atoms with van der Waals surface area (Å²) < 4.78 is 5.71. The predicted molar refractivity (Wildman–Crippen MR) is 112 cm³/mol. The zero-order valence-corrected chi connectivity index (χ0v) is 17.0. The van der Waals surface area contributed by atoms with Gasteiger partial charge in [0.1, 0.15) is 5.75 Å². The molecule has 0 aliphatic carbocycles. The van der Waals surface area contributed by atoms with Gasteiger partial charge in [-0.2, -0.15) is 0 Å². The Hall–Kier alpha value is -0.890. The fourth-order valence-corrected chi connectivity index (χ4v) is 3.36. The Kier molecular flexibility index (Phi) is 13.6. The van der Waals surface area contributed by atoms with Crippen LogP contribution in [0, 0.1) is 0 Å². The maximum Gasteiger partial charge on any atom is 0.138 e. The SMILES string of the molecule is CCCCCCCCCCCCCCCCOc1ccc(N)cc1Cl. The van der Waals surface area contributed by atoms with Gasteiger partial charge in [-0.25, -0.2) is 0 Å². The number of benzene rings is 1. The number of nitrogens with two attached hydrogens (primary N) is 1. The molecular formula is C22H38ClNO. The van der Waals surface area contributed by atoms with Gasteiger partial charge in [0, 0.05) is 5.69 Å². The summed E-state index contributed by atoms with van der Waals surface area (Å²) in [7, 11) is 0. The van der Waals surface area contributed by atoms with E-state index in [9.17, 15) is 0 Å². The van der Waals surface area contributed by atoms with Crippen molar-refractivity contribution in [3.8, 4) is 5.75 Å². The fraction of sp³-hybridized carbons (Fsp3) is 0.727. The highest BCUT2D eigenvalue weighted by Gasteiger charge is 2.01. The molecule has 0 amide bonds. The van der Waals surface area contributed by atoms with E-state index >= 15 is 0 Å². The third kappa shape index (κ3) is 12.2. The lowest BCUT2D eigenvalue weighted by Gasteiger charge is -2.08. The van der Waals surface area contributed by atoms with Gasteiger partial charge < -0.3 is 10.5 Å². The van der Waals surface area contributed by atoms with E-state index in [0.29, 0.717) is 10.7 Å². The summed E-state index contributed by atoms with van der Waals surface area (Å²) in [5.41, 5.74) is 6.35. The fourth-order valence-electron chi connectivity index (χ4n) is 3.11. The molecule has 0 heterocycles. The number of hydrogen-bond donors (Lipinski definition) is 1. The van der Waals surface area contributed by atoms with Crippen LogP contribution in [0.3, 0.4) is 0 Å². The van der Waals surface area contributed by atoms with Crippen LogP contribution in [0.25, 0.3) is 0 Å². The van der Waals surface area contributed by atoms with Crippen molar-refractivity contribution in [2.24, 2.45) is 0 Å². The zero-order valence-electron chi connectivity index (χ0n) is 16.2. The van der Waals surface area contributed by atoms with Crippen LogP contribution in [0.5, 0.6) is 5.75 Å². The minimum Gasteiger partial charge on any atom is -0.492 e. The van der Waals surface area contributed by atoms with E-state index in [-0.39, 0.29) is 0 Å². The van der Waals surface area contributed by atoms with E-state index in [2.05, 4.69) is 6.92 Å². The topological polar surface area (TPSA) is 35.2 Å². The van der Waals surface area contributed by atoms with E-state index in [1.54, 1.807) is 6.07 Å². The highest BCUT2D eigenvalue weighted by Crippen LogP contribution is 2.26. The maximum absolute atomic E-state index is 6.09. The van der Waals surface area contributed by atoms with Crippen LogP contribution in [-0.4, -0.2) is 6.61 Å². The number of anilines is 1. The molecule has 0 saturated heterocycles. The van der Waals surface area contributed by atoms with Gasteiger partial charge in [-0.3, -0.25) is 0 Å². The molecule has 3 heteroatoms. The number of hydrogen-bond acceptors (Lipinski definition) is 2. The van der Waals surface area contributed by atoms with Crippen LogP contribution in [0.1, 0.15) is 96.8 Å². The number of halogens is 1. The number of unbranched alkanes of at least 4 members (excludes halogenated alkanes) is 13. The summed E-state index contributed by atoms with van der Waals surface area (Å²) in [6, 6.07) is 5.41. The molecule has 1 rings (SSSR count). The monoisotopic (exact) mass is 367 g/mol. The van der Waals surface area contributed by atoms with Crippen LogP contribution < -0.4 is 10.5 Å². The van der Waals surface area contributed by atoms with Gasteiger partial charge in [-0.1, -0.05) is 102 Å². The second-order valence-corrected chi connectivity index (χ2v) is 7.54. The minimum atomic E-state index is 0.602. The van der Waals surface area contributed by atoms with E-state index in [0.717, 1.165) is 18.8 Å². The first-order chi connectivity index (χ1) is 12.2. The van der Waals surface area contributed by atoms with Crippen LogP contribution in [0.2, 0.25) is 5.02 Å². The maximum atomic E-state index is 6.09. The minimum absolute atomic E-state index is 0.602. The number of rotatable bonds is 16. The van der Waals surface area contributed by atoms with Crippen molar-refractivity contribution < 1.29 is 4.74 Å². The lowest BCUT2D eigenvalue weighted by atomic mass is 10.0. The Balaban J connectivity index is 1.81. The van der Waals surface area contributed by atoms with Crippen molar-refractivity contribution in [1.82, 2.24) is 0 Å². The first-order valence-electron chi connectivity index (χ1n) is 10.4. The van der Waals surface area contributed by atoms with Crippen LogP contribution in [-0.2, 0) is 0 Å². The third-order valence-electron chi connectivity index (χ3n) is 4.71. The van der Waals surface area contributed by atoms with Gasteiger partial charge >= 0.3 is 0 Å². The van der Waals surface area contributed by atoms with E-state index in [1.165, 1.54) is 83.5 Å². The largest absolute Gasteiger partial charge is 0.492 e. The van der Waals surface area contributed by atoms with Crippen molar-refractivity contribution in [2.75, 3.05) is 12.3 Å². The number of nitrogen functional groups attached to an aromatic ring is 1. The van der Waals surface area contributed by atoms with Gasteiger partial charge in [0.05, 0.1) is 11.6 Å². The molecule has 25 heavy (non-hydrogen) atoms. The van der Waals surface area contributed by atoms with Crippen molar-refractivity contribution in [3.63, 3.8) is 0 Å². The third-order valence-corrected chi connectivity index (χ3v) is 5.01. The molecule has 0 aliphatic rings. The van der Waals surface area contributed by atoms with E-state index < -0.39 is 0 Å². The first kappa shape index (κ1) is 22.2. The molecule has 0 saturated carbocycles. The molecule has 0 fully saturated rings. The number of ether oxygens (including phenoxy) is 1. The van der Waals surface area contributed by atoms with Crippen molar-refractivity contribution in [1.29, 1.82) is 0 Å². The molecule has 1 aromatic carbocycles. The lowest BCUT2D eigenvalue weighted by molar-refractivity contribution is 0.304. The average Bonchev–Trinajstić information content (AvgIpc) is 2.60. The Morgan fingerprint density at radius 1 is 0.760 bits per heavy atom. The van der Waals surface area contributed by atoms with E-state index in [4.69, 9.17) is 22.1 Å².